The Labute approximate surface area is 122 Å². The molecule has 0 saturated carbocycles. The Kier molecular flexibility index (Phi) is 4.72. The van der Waals surface area contributed by atoms with Gasteiger partial charge in [-0.2, -0.15) is 0 Å². The van der Waals surface area contributed by atoms with Gasteiger partial charge in [-0.3, -0.25) is 0 Å². The minimum Gasteiger partial charge on any atom is -0.478 e. The first-order chi connectivity index (χ1) is 10.1. The third kappa shape index (κ3) is 4.45. The first-order valence-corrected chi connectivity index (χ1v) is 6.55. The monoisotopic (exact) mass is 286 g/mol. The van der Waals surface area contributed by atoms with Crippen molar-refractivity contribution in [3.63, 3.8) is 0 Å². The minimum atomic E-state index is -1.09. The zero-order chi connectivity index (χ0) is 15.2. The van der Waals surface area contributed by atoms with E-state index in [1.54, 1.807) is 6.07 Å². The molecule has 0 aliphatic rings. The van der Waals surface area contributed by atoms with Crippen LogP contribution in [-0.2, 0) is 11.2 Å². The smallest absolute Gasteiger partial charge is 0.328 e. The Hall–Kier alpha value is -2.62. The van der Waals surface area contributed by atoms with E-state index in [-0.39, 0.29) is 0 Å². The quantitative estimate of drug-likeness (QED) is 0.834. The lowest BCUT2D eigenvalue weighted by Gasteiger charge is -2.07. The number of rotatable bonds is 5. The molecule has 2 rings (SSSR count). The van der Waals surface area contributed by atoms with Crippen molar-refractivity contribution in [1.82, 2.24) is 0 Å². The number of carboxylic acid groups (broad SMARTS) is 1. The minimum absolute atomic E-state index is 0.323. The molecule has 0 fully saturated rings. The molecule has 21 heavy (non-hydrogen) atoms. The molecule has 4 heteroatoms. The highest BCUT2D eigenvalue weighted by Gasteiger charge is 2.02. The third-order valence-corrected chi connectivity index (χ3v) is 2.88. The lowest BCUT2D eigenvalue weighted by atomic mass is 10.1. The second-order valence-electron chi connectivity index (χ2n) is 4.49. The largest absolute Gasteiger partial charge is 0.478 e. The second-order valence-corrected chi connectivity index (χ2v) is 4.49. The van der Waals surface area contributed by atoms with E-state index in [0.717, 1.165) is 12.5 Å². The highest BCUT2D eigenvalue weighted by atomic mass is 19.1. The number of hydrogen-bond acceptors (Lipinski definition) is 2. The average Bonchev–Trinajstić information content (AvgIpc) is 2.45. The summed E-state index contributed by atoms with van der Waals surface area (Å²) < 4.78 is 19.1. The van der Waals surface area contributed by atoms with Crippen LogP contribution in [0.4, 0.5) is 4.39 Å². The molecule has 2 aromatic rings. The molecule has 0 bridgehead atoms. The summed E-state index contributed by atoms with van der Waals surface area (Å²) >= 11 is 0. The van der Waals surface area contributed by atoms with Gasteiger partial charge in [-0.05, 0) is 47.9 Å². The summed E-state index contributed by atoms with van der Waals surface area (Å²) in [5.41, 5.74) is 1.62. The summed E-state index contributed by atoms with van der Waals surface area (Å²) in [7, 11) is 0. The van der Waals surface area contributed by atoms with Gasteiger partial charge < -0.3 is 9.84 Å². The number of carboxylic acids is 1. The van der Waals surface area contributed by atoms with E-state index in [4.69, 9.17) is 9.84 Å². The van der Waals surface area contributed by atoms with Gasteiger partial charge >= 0.3 is 5.97 Å². The van der Waals surface area contributed by atoms with Gasteiger partial charge in [0.1, 0.15) is 17.3 Å². The maximum absolute atomic E-state index is 13.5. The molecule has 0 heterocycles. The Morgan fingerprint density at radius 2 is 1.90 bits per heavy atom. The van der Waals surface area contributed by atoms with Crippen molar-refractivity contribution in [3.05, 3.63) is 65.5 Å². The van der Waals surface area contributed by atoms with E-state index in [1.807, 2.05) is 24.3 Å². The topological polar surface area (TPSA) is 46.5 Å². The number of carbonyl (C=O) groups is 1. The number of aliphatic carboxylic acids is 1. The lowest BCUT2D eigenvalue weighted by molar-refractivity contribution is -0.131. The summed E-state index contributed by atoms with van der Waals surface area (Å²) in [6.45, 7) is 2.06. The molecule has 2 aromatic carbocycles. The van der Waals surface area contributed by atoms with Crippen molar-refractivity contribution >= 4 is 12.0 Å². The first kappa shape index (κ1) is 14.8. The normalized spacial score (nSPS) is 10.8. The van der Waals surface area contributed by atoms with Crippen LogP contribution in [0.15, 0.2) is 48.5 Å². The van der Waals surface area contributed by atoms with Gasteiger partial charge in [0.2, 0.25) is 0 Å². The molecule has 0 spiro atoms. The standard InChI is InChI=1S/C17H15FO3/c1-2-12-3-6-15(7-4-12)21-16-10-13(5-8-17(19)20)9-14(18)11-16/h3-11H,2H2,1H3,(H,19,20)/b8-5+. The second kappa shape index (κ2) is 6.70. The van der Waals surface area contributed by atoms with Gasteiger partial charge in [0, 0.05) is 12.1 Å². The number of hydrogen-bond donors (Lipinski definition) is 1. The van der Waals surface area contributed by atoms with E-state index >= 15 is 0 Å². The summed E-state index contributed by atoms with van der Waals surface area (Å²) in [4.78, 5) is 10.5. The molecule has 0 atom stereocenters. The molecule has 0 aliphatic heterocycles. The van der Waals surface area contributed by atoms with Gasteiger partial charge in [0.25, 0.3) is 0 Å². The molecule has 1 N–H and O–H groups in total. The SMILES string of the molecule is CCc1ccc(Oc2cc(F)cc(/C=C/C(=O)O)c2)cc1. The molecule has 0 amide bonds. The predicted octanol–water partition coefficient (Wildman–Crippen LogP) is 4.28. The Morgan fingerprint density at radius 3 is 2.52 bits per heavy atom. The maximum atomic E-state index is 13.5. The Bertz CT molecular complexity index is 660. The summed E-state index contributed by atoms with van der Waals surface area (Å²) in [6, 6.07) is 11.6. The summed E-state index contributed by atoms with van der Waals surface area (Å²) in [5.74, 6) is -0.644. The van der Waals surface area contributed by atoms with Crippen molar-refractivity contribution in [1.29, 1.82) is 0 Å². The molecule has 0 aliphatic carbocycles. The van der Waals surface area contributed by atoms with E-state index < -0.39 is 11.8 Å². The van der Waals surface area contributed by atoms with Crippen LogP contribution in [0.3, 0.4) is 0 Å². The van der Waals surface area contributed by atoms with E-state index in [0.29, 0.717) is 17.1 Å². The Balaban J connectivity index is 2.20. The van der Waals surface area contributed by atoms with Gasteiger partial charge in [0.05, 0.1) is 0 Å². The first-order valence-electron chi connectivity index (χ1n) is 6.55. The molecule has 0 aromatic heterocycles. The van der Waals surface area contributed by atoms with Crippen LogP contribution >= 0.6 is 0 Å². The van der Waals surface area contributed by atoms with Crippen LogP contribution in [0.1, 0.15) is 18.1 Å². The third-order valence-electron chi connectivity index (χ3n) is 2.88. The van der Waals surface area contributed by atoms with Gasteiger partial charge in [0.15, 0.2) is 0 Å². The van der Waals surface area contributed by atoms with E-state index in [1.165, 1.54) is 23.8 Å². The van der Waals surface area contributed by atoms with Crippen molar-refractivity contribution in [2.45, 2.75) is 13.3 Å². The van der Waals surface area contributed by atoms with Gasteiger partial charge in [-0.15, -0.1) is 0 Å². The Morgan fingerprint density at radius 1 is 1.19 bits per heavy atom. The van der Waals surface area contributed by atoms with Crippen LogP contribution < -0.4 is 4.74 Å². The highest BCUT2D eigenvalue weighted by Crippen LogP contribution is 2.24. The molecular weight excluding hydrogens is 271 g/mol. The number of benzene rings is 2. The number of ether oxygens (including phenoxy) is 1. The fourth-order valence-corrected chi connectivity index (χ4v) is 1.84. The number of aryl methyl sites for hydroxylation is 1. The predicted molar refractivity (Wildman–Crippen MR) is 79.0 cm³/mol. The van der Waals surface area contributed by atoms with Crippen LogP contribution in [0, 0.1) is 5.82 Å². The molecule has 0 unspecified atom stereocenters. The molecule has 3 nitrogen and oxygen atoms in total. The number of halogens is 1. The molecule has 0 radical (unpaired) electrons. The molecular formula is C17H15FO3. The molecule has 108 valence electrons. The van der Waals surface area contributed by atoms with E-state index in [2.05, 4.69) is 6.92 Å². The highest BCUT2D eigenvalue weighted by molar-refractivity contribution is 5.85. The van der Waals surface area contributed by atoms with Crippen LogP contribution in [0.2, 0.25) is 0 Å². The fraction of sp³-hybridized carbons (Fsp3) is 0.118. The zero-order valence-electron chi connectivity index (χ0n) is 11.5. The summed E-state index contributed by atoms with van der Waals surface area (Å²) in [6.07, 6.45) is 3.21. The maximum Gasteiger partial charge on any atom is 0.328 e. The van der Waals surface area contributed by atoms with E-state index in [9.17, 15) is 9.18 Å². The average molecular weight is 286 g/mol. The zero-order valence-corrected chi connectivity index (χ0v) is 11.5. The lowest BCUT2D eigenvalue weighted by Crippen LogP contribution is -1.89. The van der Waals surface area contributed by atoms with Crippen LogP contribution in [0.25, 0.3) is 6.08 Å². The summed E-state index contributed by atoms with van der Waals surface area (Å²) in [5, 5.41) is 8.59. The van der Waals surface area contributed by atoms with Crippen molar-refractivity contribution < 1.29 is 19.0 Å². The molecule has 0 saturated heterocycles. The van der Waals surface area contributed by atoms with Crippen molar-refractivity contribution in [2.75, 3.05) is 0 Å². The van der Waals surface area contributed by atoms with Crippen molar-refractivity contribution in [3.8, 4) is 11.5 Å². The fourth-order valence-electron chi connectivity index (χ4n) is 1.84. The van der Waals surface area contributed by atoms with Crippen LogP contribution in [0.5, 0.6) is 11.5 Å². The van der Waals surface area contributed by atoms with Gasteiger partial charge in [-0.25, -0.2) is 9.18 Å². The van der Waals surface area contributed by atoms with Crippen LogP contribution in [-0.4, -0.2) is 11.1 Å². The van der Waals surface area contributed by atoms with Crippen molar-refractivity contribution in [2.24, 2.45) is 0 Å². The van der Waals surface area contributed by atoms with Gasteiger partial charge in [-0.1, -0.05) is 19.1 Å².